The fourth-order valence-electron chi connectivity index (χ4n) is 2.56. The van der Waals surface area contributed by atoms with Gasteiger partial charge in [0.25, 0.3) is 5.91 Å². The first-order valence-electron chi connectivity index (χ1n) is 10.4. The van der Waals surface area contributed by atoms with Gasteiger partial charge in [0.05, 0.1) is 18.6 Å². The van der Waals surface area contributed by atoms with Crippen LogP contribution >= 0.6 is 34.9 Å². The summed E-state index contributed by atoms with van der Waals surface area (Å²) in [6.45, 7) is 2.90. The largest absolute Gasteiger partial charge is 0.494 e. The van der Waals surface area contributed by atoms with Crippen molar-refractivity contribution in [3.8, 4) is 5.75 Å². The number of rotatable bonds is 13. The van der Waals surface area contributed by atoms with Crippen molar-refractivity contribution in [2.45, 2.75) is 40.6 Å². The molecule has 0 saturated heterocycles. The second-order valence-corrected chi connectivity index (χ2v) is 10.2. The Morgan fingerprint density at radius 2 is 1.81 bits per heavy atom. The smallest absolute Gasteiger partial charge is 0.250 e. The Bertz CT molecular complexity index is 978. The van der Waals surface area contributed by atoms with Crippen molar-refractivity contribution in [2.75, 3.05) is 12.4 Å². The third-order valence-electron chi connectivity index (χ3n) is 4.22. The summed E-state index contributed by atoms with van der Waals surface area (Å²) in [7, 11) is 0. The fraction of sp³-hybridized carbons (Fsp3) is 0.304. The topological polar surface area (TPSA) is 76.5 Å². The highest BCUT2D eigenvalue weighted by Gasteiger charge is 2.08. The minimum atomic E-state index is -0.184. The van der Waals surface area contributed by atoms with Crippen LogP contribution in [0.25, 0.3) is 0 Å². The molecule has 0 spiro atoms. The molecule has 0 aliphatic carbocycles. The zero-order chi connectivity index (χ0) is 22.4. The molecule has 32 heavy (non-hydrogen) atoms. The van der Waals surface area contributed by atoms with Crippen LogP contribution in [0.1, 0.15) is 37.3 Å². The monoisotopic (exact) mass is 486 g/mol. The predicted octanol–water partition coefficient (Wildman–Crippen LogP) is 5.64. The predicted molar refractivity (Wildman–Crippen MR) is 134 cm³/mol. The van der Waals surface area contributed by atoms with Crippen LogP contribution in [-0.4, -0.2) is 34.7 Å². The van der Waals surface area contributed by atoms with Crippen molar-refractivity contribution in [1.82, 2.24) is 15.6 Å². The van der Waals surface area contributed by atoms with Crippen LogP contribution in [0.15, 0.2) is 68.4 Å². The van der Waals surface area contributed by atoms with E-state index in [0.29, 0.717) is 0 Å². The molecule has 1 amide bonds. The quantitative estimate of drug-likeness (QED) is 0.146. The van der Waals surface area contributed by atoms with Gasteiger partial charge in [-0.15, -0.1) is 10.2 Å². The van der Waals surface area contributed by atoms with E-state index in [9.17, 15) is 4.79 Å². The molecule has 3 aromatic rings. The SMILES string of the molecule is CCCCCOc1ccc(C=NNC(=O)CSc2nnc(SCc3ccccc3)s2)cc1. The number of ether oxygens (including phenoxy) is 1. The zero-order valence-electron chi connectivity index (χ0n) is 17.9. The minimum Gasteiger partial charge on any atom is -0.494 e. The maximum atomic E-state index is 12.0. The first kappa shape index (κ1) is 24.3. The molecule has 0 saturated carbocycles. The van der Waals surface area contributed by atoms with Crippen LogP contribution in [-0.2, 0) is 10.5 Å². The molecule has 9 heteroatoms. The van der Waals surface area contributed by atoms with Gasteiger partial charge in [-0.05, 0) is 41.8 Å². The number of carbonyl (C=O) groups excluding carboxylic acids is 1. The Hall–Kier alpha value is -2.36. The van der Waals surface area contributed by atoms with Crippen molar-refractivity contribution in [1.29, 1.82) is 0 Å². The van der Waals surface area contributed by atoms with E-state index < -0.39 is 0 Å². The van der Waals surface area contributed by atoms with Gasteiger partial charge < -0.3 is 4.74 Å². The summed E-state index contributed by atoms with van der Waals surface area (Å²) in [5.41, 5.74) is 4.68. The normalized spacial score (nSPS) is 11.0. The molecule has 2 aromatic carbocycles. The third kappa shape index (κ3) is 9.02. The van der Waals surface area contributed by atoms with Crippen molar-refractivity contribution in [2.24, 2.45) is 5.10 Å². The van der Waals surface area contributed by atoms with Gasteiger partial charge in [-0.3, -0.25) is 4.79 Å². The van der Waals surface area contributed by atoms with Crippen molar-refractivity contribution >= 4 is 47.0 Å². The second-order valence-electron chi connectivity index (χ2n) is 6.81. The highest BCUT2D eigenvalue weighted by molar-refractivity contribution is 8.03. The standard InChI is InChI=1S/C23H26N4O2S3/c1-2-3-7-14-29-20-12-10-18(11-13-20)15-24-25-21(28)17-31-23-27-26-22(32-23)30-16-19-8-5-4-6-9-19/h4-6,8-13,15H,2-3,7,14,16-17H2,1H3,(H,25,28). The van der Waals surface area contributed by atoms with E-state index in [1.54, 1.807) is 18.0 Å². The Labute approximate surface area is 201 Å². The van der Waals surface area contributed by atoms with Gasteiger partial charge in [-0.1, -0.05) is 85.0 Å². The Morgan fingerprint density at radius 3 is 2.56 bits per heavy atom. The van der Waals surface area contributed by atoms with E-state index in [1.807, 2.05) is 42.5 Å². The lowest BCUT2D eigenvalue weighted by molar-refractivity contribution is -0.118. The number of hydrogen-bond acceptors (Lipinski definition) is 8. The molecule has 0 bridgehead atoms. The molecular formula is C23H26N4O2S3. The van der Waals surface area contributed by atoms with Gasteiger partial charge in [0.2, 0.25) is 0 Å². The lowest BCUT2D eigenvalue weighted by Gasteiger charge is -2.05. The Kier molecular flexibility index (Phi) is 10.6. The molecule has 1 N–H and O–H groups in total. The number of benzene rings is 2. The lowest BCUT2D eigenvalue weighted by Crippen LogP contribution is -2.19. The lowest BCUT2D eigenvalue weighted by atomic mass is 10.2. The first-order chi connectivity index (χ1) is 15.7. The van der Waals surface area contributed by atoms with Crippen LogP contribution in [0.3, 0.4) is 0 Å². The van der Waals surface area contributed by atoms with E-state index in [2.05, 4.69) is 39.8 Å². The second kappa shape index (κ2) is 13.9. The molecule has 168 valence electrons. The average Bonchev–Trinajstić information content (AvgIpc) is 3.29. The van der Waals surface area contributed by atoms with E-state index >= 15 is 0 Å². The highest BCUT2D eigenvalue weighted by atomic mass is 32.2. The maximum absolute atomic E-state index is 12.0. The average molecular weight is 487 g/mol. The number of hydrogen-bond donors (Lipinski definition) is 1. The summed E-state index contributed by atoms with van der Waals surface area (Å²) in [5.74, 6) is 1.74. The van der Waals surface area contributed by atoms with Crippen LogP contribution in [0.2, 0.25) is 0 Å². The summed E-state index contributed by atoms with van der Waals surface area (Å²) in [4.78, 5) is 12.0. The zero-order valence-corrected chi connectivity index (χ0v) is 20.3. The van der Waals surface area contributed by atoms with Gasteiger partial charge in [0.15, 0.2) is 8.68 Å². The molecule has 0 unspecified atom stereocenters. The molecule has 0 atom stereocenters. The van der Waals surface area contributed by atoms with E-state index in [0.717, 1.165) is 38.8 Å². The summed E-state index contributed by atoms with van der Waals surface area (Å²) >= 11 is 4.50. The van der Waals surface area contributed by atoms with Crippen LogP contribution in [0.4, 0.5) is 0 Å². The molecule has 1 aromatic heterocycles. The summed E-state index contributed by atoms with van der Waals surface area (Å²) in [6.07, 6.45) is 5.04. The number of nitrogens with zero attached hydrogens (tertiary/aromatic N) is 3. The summed E-state index contributed by atoms with van der Waals surface area (Å²) < 4.78 is 7.36. The molecule has 3 rings (SSSR count). The number of hydrazone groups is 1. The molecule has 0 aliphatic rings. The molecular weight excluding hydrogens is 460 g/mol. The van der Waals surface area contributed by atoms with Crippen LogP contribution in [0, 0.1) is 0 Å². The van der Waals surface area contributed by atoms with Gasteiger partial charge in [0.1, 0.15) is 5.75 Å². The van der Waals surface area contributed by atoms with Crippen LogP contribution < -0.4 is 10.2 Å². The summed E-state index contributed by atoms with van der Waals surface area (Å²) in [6, 6.07) is 17.9. The summed E-state index contributed by atoms with van der Waals surface area (Å²) in [5, 5.41) is 12.4. The van der Waals surface area contributed by atoms with Gasteiger partial charge in [-0.2, -0.15) is 5.10 Å². The Morgan fingerprint density at radius 1 is 1.06 bits per heavy atom. The third-order valence-corrected chi connectivity index (χ3v) is 7.48. The van der Waals surface area contributed by atoms with Crippen molar-refractivity contribution in [3.63, 3.8) is 0 Å². The number of amides is 1. The van der Waals surface area contributed by atoms with E-state index in [4.69, 9.17) is 4.74 Å². The van der Waals surface area contributed by atoms with Gasteiger partial charge in [-0.25, -0.2) is 5.43 Å². The fourth-order valence-corrected chi connectivity index (χ4v) is 5.33. The molecule has 6 nitrogen and oxygen atoms in total. The number of carbonyl (C=O) groups is 1. The maximum Gasteiger partial charge on any atom is 0.250 e. The molecule has 0 fully saturated rings. The first-order valence-corrected chi connectivity index (χ1v) is 13.2. The highest BCUT2D eigenvalue weighted by Crippen LogP contribution is 2.30. The molecule has 1 heterocycles. The number of aromatic nitrogens is 2. The van der Waals surface area contributed by atoms with E-state index in [-0.39, 0.29) is 11.7 Å². The van der Waals surface area contributed by atoms with Crippen LogP contribution in [0.5, 0.6) is 5.75 Å². The molecule has 0 radical (unpaired) electrons. The number of thioether (sulfide) groups is 2. The Balaban J connectivity index is 1.34. The number of unbranched alkanes of at least 4 members (excludes halogenated alkanes) is 2. The van der Waals surface area contributed by atoms with Gasteiger partial charge >= 0.3 is 0 Å². The molecule has 0 aliphatic heterocycles. The minimum absolute atomic E-state index is 0.184. The van der Waals surface area contributed by atoms with Crippen molar-refractivity contribution < 1.29 is 9.53 Å². The van der Waals surface area contributed by atoms with Gasteiger partial charge in [0, 0.05) is 5.75 Å². The number of nitrogens with one attached hydrogen (secondary N) is 1. The van der Waals surface area contributed by atoms with Crippen molar-refractivity contribution in [3.05, 3.63) is 65.7 Å². The van der Waals surface area contributed by atoms with E-state index in [1.165, 1.54) is 41.5 Å².